The van der Waals surface area contributed by atoms with Gasteiger partial charge in [-0.05, 0) is 25.7 Å². The fraction of sp³-hybridized carbons (Fsp3) is 0.901. The number of allylic oxidation sites excluding steroid dienone is 3. The zero-order valence-electron chi connectivity index (χ0n) is 58.4. The predicted molar refractivity (Wildman–Crippen MR) is 361 cm³/mol. The number of aliphatic hydroxyl groups is 10. The normalized spacial score (nSPS) is 28.1. The van der Waals surface area contributed by atoms with Gasteiger partial charge in [-0.25, -0.2) is 9.36 Å². The minimum Gasteiger partial charge on any atom is -0.463 e. The molecule has 0 amide bonds. The van der Waals surface area contributed by atoms with Crippen molar-refractivity contribution in [1.82, 2.24) is 0 Å². The Morgan fingerprint density at radius 2 is 0.792 bits per heavy atom. The first-order valence-electron chi connectivity index (χ1n) is 37.2. The van der Waals surface area contributed by atoms with Crippen LogP contribution in [0.1, 0.15) is 278 Å². The summed E-state index contributed by atoms with van der Waals surface area (Å²) in [4.78, 5) is 50.8. The summed E-state index contributed by atoms with van der Waals surface area (Å²) in [6.45, 7) is 3.33. The van der Waals surface area contributed by atoms with Gasteiger partial charge in [0.15, 0.2) is 18.7 Å². The topological polar surface area (TPSA) is 374 Å². The number of hydrogen-bond acceptors (Lipinski definition) is 23. The highest BCUT2D eigenvalue weighted by Crippen LogP contribution is 2.49. The molecule has 1 saturated carbocycles. The van der Waals surface area contributed by atoms with Crippen LogP contribution in [0.3, 0.4) is 0 Å². The number of phosphoric acid groups is 1. The van der Waals surface area contributed by atoms with E-state index in [1.807, 2.05) is 6.08 Å². The fourth-order valence-corrected chi connectivity index (χ4v) is 13.2. The van der Waals surface area contributed by atoms with Gasteiger partial charge in [0.25, 0.3) is 0 Å². The quantitative estimate of drug-likeness (QED) is 0.00673. The van der Waals surface area contributed by atoms with Gasteiger partial charge >= 0.3 is 25.7 Å². The van der Waals surface area contributed by atoms with Gasteiger partial charge in [-0.15, -0.1) is 0 Å². The first kappa shape index (κ1) is 87.7. The standard InChI is InChI=1S/C71H129O24P/c1-4-7-10-13-16-19-22-25-27-29-32-35-38-41-44-47-57(75)90-52(49-87-55(73)45-42-39-36-33-30-24-21-18-15-12-9-6-3)50-89-96(85,86)95-69-67(93-70-65(83)60(78)58(76)53(48-72)91-70)63(81)62(80)64(82)68(69)94-71-66(84)61(79)59(77)54(92-71)51-88-56(74)46-43-40-37-34-31-28-26-23-20-17-14-11-8-5-2/h38,41,44,47,52-54,58-72,76-84H,4-37,39-40,42-43,45-46,48-51H2,1-3H3,(H,85,86)/b41-38+,47-44+. The number of ether oxygens (including phenoxy) is 7. The number of unbranched alkanes of at least 4 members (excludes halogenated alkanes) is 35. The van der Waals surface area contributed by atoms with E-state index in [0.29, 0.717) is 12.8 Å². The van der Waals surface area contributed by atoms with Crippen molar-refractivity contribution in [3.63, 3.8) is 0 Å². The van der Waals surface area contributed by atoms with Crippen LogP contribution in [-0.2, 0) is 61.2 Å². The average molecular weight is 1400 g/mol. The largest absolute Gasteiger partial charge is 0.472 e. The van der Waals surface area contributed by atoms with E-state index in [2.05, 4.69) is 20.8 Å². The summed E-state index contributed by atoms with van der Waals surface area (Å²) >= 11 is 0. The number of rotatable bonds is 57. The van der Waals surface area contributed by atoms with Crippen LogP contribution in [0.25, 0.3) is 0 Å². The van der Waals surface area contributed by atoms with Crippen molar-refractivity contribution < 1.29 is 117 Å². The molecule has 3 rings (SSSR count). The van der Waals surface area contributed by atoms with E-state index >= 15 is 0 Å². The first-order valence-corrected chi connectivity index (χ1v) is 38.7. The lowest BCUT2D eigenvalue weighted by atomic mass is 9.84. The van der Waals surface area contributed by atoms with Gasteiger partial charge in [0, 0.05) is 18.9 Å². The number of hydrogen-bond donors (Lipinski definition) is 11. The molecule has 96 heavy (non-hydrogen) atoms. The Morgan fingerprint density at radius 1 is 0.427 bits per heavy atom. The number of carbonyl (C=O) groups excluding carboxylic acids is 3. The second-order valence-corrected chi connectivity index (χ2v) is 28.1. The molecule has 25 heteroatoms. The number of aliphatic hydroxyl groups excluding tert-OH is 10. The summed E-state index contributed by atoms with van der Waals surface area (Å²) in [5, 5.41) is 110. The smallest absolute Gasteiger partial charge is 0.463 e. The molecule has 0 radical (unpaired) electrons. The van der Waals surface area contributed by atoms with Gasteiger partial charge in [0.1, 0.15) is 98.7 Å². The lowest BCUT2D eigenvalue weighted by molar-refractivity contribution is -0.360. The molecule has 3 fully saturated rings. The molecule has 0 bridgehead atoms. The zero-order chi connectivity index (χ0) is 70.4. The summed E-state index contributed by atoms with van der Waals surface area (Å²) in [5.41, 5.74) is 0. The lowest BCUT2D eigenvalue weighted by Crippen LogP contribution is -2.69. The summed E-state index contributed by atoms with van der Waals surface area (Å²) in [6.07, 6.45) is 13.2. The van der Waals surface area contributed by atoms with Crippen LogP contribution in [0.15, 0.2) is 24.3 Å². The van der Waals surface area contributed by atoms with Gasteiger partial charge in [-0.1, -0.05) is 257 Å². The Hall–Kier alpha value is -2.56. The van der Waals surface area contributed by atoms with Gasteiger partial charge in [0.05, 0.1) is 13.2 Å². The highest BCUT2D eigenvalue weighted by molar-refractivity contribution is 7.47. The third-order valence-corrected chi connectivity index (χ3v) is 19.3. The van der Waals surface area contributed by atoms with E-state index in [0.717, 1.165) is 96.0 Å². The Morgan fingerprint density at radius 3 is 1.21 bits per heavy atom. The van der Waals surface area contributed by atoms with E-state index in [9.17, 15) is 74.9 Å². The maximum absolute atomic E-state index is 14.3. The van der Waals surface area contributed by atoms with E-state index in [1.165, 1.54) is 147 Å². The van der Waals surface area contributed by atoms with E-state index in [1.54, 1.807) is 6.08 Å². The number of phosphoric ester groups is 1. The van der Waals surface area contributed by atoms with Gasteiger partial charge in [-0.3, -0.25) is 18.6 Å². The second-order valence-electron chi connectivity index (χ2n) is 26.7. The van der Waals surface area contributed by atoms with Crippen LogP contribution in [0.5, 0.6) is 0 Å². The molecule has 2 saturated heterocycles. The van der Waals surface area contributed by atoms with Crippen LogP contribution in [0.2, 0.25) is 0 Å². The van der Waals surface area contributed by atoms with Crippen molar-refractivity contribution in [3.05, 3.63) is 24.3 Å². The maximum Gasteiger partial charge on any atom is 0.472 e. The molecule has 562 valence electrons. The molecule has 18 atom stereocenters. The summed E-state index contributed by atoms with van der Waals surface area (Å²) in [6, 6.07) is 0. The van der Waals surface area contributed by atoms with Crippen LogP contribution in [0, 0.1) is 0 Å². The zero-order valence-corrected chi connectivity index (χ0v) is 59.3. The minimum absolute atomic E-state index is 0.0284. The van der Waals surface area contributed by atoms with Crippen molar-refractivity contribution in [2.45, 2.75) is 382 Å². The van der Waals surface area contributed by atoms with Crippen molar-refractivity contribution >= 4 is 25.7 Å². The third-order valence-electron chi connectivity index (χ3n) is 18.3. The van der Waals surface area contributed by atoms with Crippen LogP contribution in [0.4, 0.5) is 0 Å². The summed E-state index contributed by atoms with van der Waals surface area (Å²) in [7, 11) is -5.72. The van der Waals surface area contributed by atoms with Crippen molar-refractivity contribution in [1.29, 1.82) is 0 Å². The molecule has 18 unspecified atom stereocenters. The van der Waals surface area contributed by atoms with Crippen molar-refractivity contribution in [2.75, 3.05) is 26.4 Å². The van der Waals surface area contributed by atoms with Crippen LogP contribution >= 0.6 is 7.82 Å². The molecule has 2 heterocycles. The molecule has 2 aliphatic heterocycles. The van der Waals surface area contributed by atoms with Gasteiger partial charge in [0.2, 0.25) is 0 Å². The summed E-state index contributed by atoms with van der Waals surface area (Å²) < 4.78 is 64.7. The molecule has 0 spiro atoms. The van der Waals surface area contributed by atoms with Crippen molar-refractivity contribution in [3.8, 4) is 0 Å². The fourth-order valence-electron chi connectivity index (χ4n) is 12.3. The Bertz CT molecular complexity index is 2090. The highest BCUT2D eigenvalue weighted by atomic mass is 31.2. The molecule has 11 N–H and O–H groups in total. The minimum atomic E-state index is -5.72. The van der Waals surface area contributed by atoms with Crippen LogP contribution < -0.4 is 0 Å². The number of carbonyl (C=O) groups is 3. The molecule has 24 nitrogen and oxygen atoms in total. The lowest BCUT2D eigenvalue weighted by Gasteiger charge is -2.49. The predicted octanol–water partition coefficient (Wildman–Crippen LogP) is 9.74. The Balaban J connectivity index is 1.76. The molecule has 1 aliphatic carbocycles. The Labute approximate surface area is 573 Å². The molecule has 0 aromatic rings. The molecular weight excluding hydrogens is 1270 g/mol. The maximum atomic E-state index is 14.3. The van der Waals surface area contributed by atoms with Gasteiger partial charge in [-0.2, -0.15) is 0 Å². The second kappa shape index (κ2) is 53.3. The highest BCUT2D eigenvalue weighted by Gasteiger charge is 2.58. The molecule has 0 aromatic carbocycles. The van der Waals surface area contributed by atoms with Crippen molar-refractivity contribution in [2.24, 2.45) is 0 Å². The monoisotopic (exact) mass is 1400 g/mol. The van der Waals surface area contributed by atoms with Gasteiger partial charge < -0.3 is 89.1 Å². The summed E-state index contributed by atoms with van der Waals surface area (Å²) in [5.74, 6) is -2.24. The molecule has 3 aliphatic rings. The average Bonchev–Trinajstić information content (AvgIpc) is 0.765. The van der Waals surface area contributed by atoms with E-state index in [-0.39, 0.29) is 12.8 Å². The number of esters is 3. The Kier molecular flexibility index (Phi) is 48.7. The SMILES string of the molecule is CCCCCCCCCCCCC/C=C/C=C/C(=O)OC(COC(=O)CCCCCCCCCCCCCC)COP(=O)(O)OC1C(OC2OC(CO)C(O)C(O)C2O)C(O)C(O)C(O)C1OC1OC(COC(=O)CCCCCCCCCCCCCCCC)C(O)C(O)C1O. The molecule has 0 aromatic heterocycles. The van der Waals surface area contributed by atoms with E-state index in [4.69, 9.17) is 42.2 Å². The molecular formula is C71H129O24P. The van der Waals surface area contributed by atoms with Crippen LogP contribution in [-0.4, -0.2) is 204 Å². The first-order chi connectivity index (χ1) is 46.3. The van der Waals surface area contributed by atoms with E-state index < -0.39 is 156 Å². The third kappa shape index (κ3) is 36.4.